The molecule has 2 rings (SSSR count). The molecule has 0 heterocycles. The summed E-state index contributed by atoms with van der Waals surface area (Å²) in [7, 11) is 0. The molecule has 1 N–H and O–H groups in total. The lowest BCUT2D eigenvalue weighted by molar-refractivity contribution is -0.0125. The summed E-state index contributed by atoms with van der Waals surface area (Å²) in [5, 5.41) is 11.9. The van der Waals surface area contributed by atoms with Crippen molar-refractivity contribution in [2.45, 2.75) is 52.6 Å². The van der Waals surface area contributed by atoms with Gasteiger partial charge in [0.05, 0.1) is 6.10 Å². The van der Waals surface area contributed by atoms with Gasteiger partial charge in [0.25, 0.3) is 0 Å². The Kier molecular flexibility index (Phi) is 5.05. The molecule has 1 aromatic rings. The molecule has 1 aliphatic rings. The fourth-order valence-electron chi connectivity index (χ4n) is 3.56. The van der Waals surface area contributed by atoms with Gasteiger partial charge in [-0.15, -0.1) is 0 Å². The van der Waals surface area contributed by atoms with Gasteiger partial charge in [0, 0.05) is 10.0 Å². The summed E-state index contributed by atoms with van der Waals surface area (Å²) in [6, 6.07) is 5.62. The lowest BCUT2D eigenvalue weighted by Crippen LogP contribution is -2.39. The van der Waals surface area contributed by atoms with Crippen LogP contribution in [0.25, 0.3) is 0 Å². The highest BCUT2D eigenvalue weighted by molar-refractivity contribution is 6.33. The van der Waals surface area contributed by atoms with Crippen molar-refractivity contribution in [1.82, 2.24) is 0 Å². The fraction of sp³-hybridized carbons (Fsp3) is 0.647. The van der Waals surface area contributed by atoms with Gasteiger partial charge in [-0.2, -0.15) is 0 Å². The molecule has 0 radical (unpaired) electrons. The molecule has 3 unspecified atom stereocenters. The van der Waals surface area contributed by atoms with Gasteiger partial charge >= 0.3 is 0 Å². The van der Waals surface area contributed by atoms with Gasteiger partial charge < -0.3 is 5.11 Å². The Balaban J connectivity index is 2.16. The van der Waals surface area contributed by atoms with E-state index in [2.05, 4.69) is 20.8 Å². The second kappa shape index (κ2) is 6.25. The van der Waals surface area contributed by atoms with E-state index in [1.54, 1.807) is 0 Å². The van der Waals surface area contributed by atoms with Crippen LogP contribution in [0.4, 0.5) is 0 Å². The quantitative estimate of drug-likeness (QED) is 0.796. The molecule has 3 atom stereocenters. The van der Waals surface area contributed by atoms with Crippen LogP contribution in [0.3, 0.4) is 0 Å². The van der Waals surface area contributed by atoms with E-state index in [4.69, 9.17) is 23.2 Å². The topological polar surface area (TPSA) is 20.2 Å². The maximum absolute atomic E-state index is 10.4. The molecular formula is C17H24Cl2O. The van der Waals surface area contributed by atoms with Crippen molar-refractivity contribution in [1.29, 1.82) is 0 Å². The van der Waals surface area contributed by atoms with Crippen LogP contribution in [0.1, 0.15) is 45.6 Å². The first-order valence-electron chi connectivity index (χ1n) is 7.41. The predicted molar refractivity (Wildman–Crippen MR) is 86.5 cm³/mol. The molecule has 0 spiro atoms. The third kappa shape index (κ3) is 3.69. The minimum absolute atomic E-state index is 0.0217. The molecular weight excluding hydrogens is 291 g/mol. The number of rotatable bonds is 3. The summed E-state index contributed by atoms with van der Waals surface area (Å²) < 4.78 is 0. The summed E-state index contributed by atoms with van der Waals surface area (Å²) in [5.74, 6) is 0.959. The average molecular weight is 315 g/mol. The lowest BCUT2D eigenvalue weighted by Gasteiger charge is -2.42. The second-order valence-electron chi connectivity index (χ2n) is 6.99. The smallest absolute Gasteiger partial charge is 0.0576 e. The number of halogens is 2. The zero-order valence-electron chi connectivity index (χ0n) is 12.5. The number of hydrogen-bond acceptors (Lipinski definition) is 1. The summed E-state index contributed by atoms with van der Waals surface area (Å²) >= 11 is 12.4. The van der Waals surface area contributed by atoms with E-state index in [9.17, 15) is 5.11 Å². The number of hydrogen-bond donors (Lipinski definition) is 1. The first-order chi connectivity index (χ1) is 9.29. The van der Waals surface area contributed by atoms with Crippen LogP contribution >= 0.6 is 23.2 Å². The van der Waals surface area contributed by atoms with Crippen LogP contribution in [-0.2, 0) is 6.42 Å². The molecule has 1 aliphatic carbocycles. The Morgan fingerprint density at radius 1 is 1.25 bits per heavy atom. The third-order valence-electron chi connectivity index (χ3n) is 4.74. The van der Waals surface area contributed by atoms with Crippen molar-refractivity contribution in [2.75, 3.05) is 0 Å². The van der Waals surface area contributed by atoms with Crippen LogP contribution in [-0.4, -0.2) is 11.2 Å². The van der Waals surface area contributed by atoms with E-state index < -0.39 is 0 Å². The third-order valence-corrected chi connectivity index (χ3v) is 5.34. The average Bonchev–Trinajstić information content (AvgIpc) is 2.33. The lowest BCUT2D eigenvalue weighted by atomic mass is 9.65. The van der Waals surface area contributed by atoms with Crippen molar-refractivity contribution >= 4 is 23.2 Å². The van der Waals surface area contributed by atoms with E-state index in [1.807, 2.05) is 18.2 Å². The number of aliphatic hydroxyl groups is 1. The highest BCUT2D eigenvalue weighted by Gasteiger charge is 2.38. The Labute approximate surface area is 132 Å². The van der Waals surface area contributed by atoms with E-state index in [1.165, 1.54) is 6.42 Å². The molecule has 20 heavy (non-hydrogen) atoms. The first-order valence-corrected chi connectivity index (χ1v) is 8.17. The van der Waals surface area contributed by atoms with Gasteiger partial charge in [0.2, 0.25) is 0 Å². The molecule has 0 bridgehead atoms. The maximum Gasteiger partial charge on any atom is 0.0576 e. The molecule has 0 aromatic heterocycles. The van der Waals surface area contributed by atoms with Gasteiger partial charge in [0.1, 0.15) is 0 Å². The summed E-state index contributed by atoms with van der Waals surface area (Å²) in [4.78, 5) is 0. The van der Waals surface area contributed by atoms with E-state index in [0.717, 1.165) is 34.9 Å². The van der Waals surface area contributed by atoms with Crippen LogP contribution in [0.5, 0.6) is 0 Å². The summed E-state index contributed by atoms with van der Waals surface area (Å²) in [6.07, 6.45) is 3.86. The van der Waals surface area contributed by atoms with Crippen molar-refractivity contribution < 1.29 is 5.11 Å². The van der Waals surface area contributed by atoms with E-state index in [-0.39, 0.29) is 11.5 Å². The molecule has 112 valence electrons. The van der Waals surface area contributed by atoms with Crippen molar-refractivity contribution in [2.24, 2.45) is 17.3 Å². The standard InChI is InChI=1S/C17H24Cl2O/c1-11-4-6-14(16(20)8-11)17(2,3)10-12-9-13(18)5-7-15(12)19/h5,7,9,11,14,16,20H,4,6,8,10H2,1-3H3. The largest absolute Gasteiger partial charge is 0.393 e. The Morgan fingerprint density at radius 2 is 1.95 bits per heavy atom. The van der Waals surface area contributed by atoms with Crippen LogP contribution in [0.15, 0.2) is 18.2 Å². The minimum Gasteiger partial charge on any atom is -0.393 e. The SMILES string of the molecule is CC1CCC(C(C)(C)Cc2cc(Cl)ccc2Cl)C(O)C1. The van der Waals surface area contributed by atoms with Crippen molar-refractivity contribution in [3.63, 3.8) is 0 Å². The molecule has 0 saturated heterocycles. The van der Waals surface area contributed by atoms with E-state index >= 15 is 0 Å². The Morgan fingerprint density at radius 3 is 2.60 bits per heavy atom. The monoisotopic (exact) mass is 314 g/mol. The van der Waals surface area contributed by atoms with Crippen molar-refractivity contribution in [3.05, 3.63) is 33.8 Å². The zero-order chi connectivity index (χ0) is 14.9. The molecule has 1 aromatic carbocycles. The highest BCUT2D eigenvalue weighted by atomic mass is 35.5. The van der Waals surface area contributed by atoms with Crippen molar-refractivity contribution in [3.8, 4) is 0 Å². The first kappa shape index (κ1) is 16.1. The van der Waals surface area contributed by atoms with Gasteiger partial charge in [-0.1, -0.05) is 50.4 Å². The van der Waals surface area contributed by atoms with Gasteiger partial charge in [0.15, 0.2) is 0 Å². The normalized spacial score (nSPS) is 27.6. The maximum atomic E-state index is 10.4. The number of aliphatic hydroxyl groups excluding tert-OH is 1. The van der Waals surface area contributed by atoms with Crippen LogP contribution in [0.2, 0.25) is 10.0 Å². The highest BCUT2D eigenvalue weighted by Crippen LogP contribution is 2.43. The second-order valence-corrected chi connectivity index (χ2v) is 7.84. The van der Waals surface area contributed by atoms with Gasteiger partial charge in [-0.25, -0.2) is 0 Å². The Bertz CT molecular complexity index is 470. The van der Waals surface area contributed by atoms with Gasteiger partial charge in [-0.05, 0) is 60.3 Å². The molecule has 1 fully saturated rings. The molecule has 0 amide bonds. The summed E-state index contributed by atoms with van der Waals surface area (Å²) in [5.41, 5.74) is 1.10. The number of benzene rings is 1. The summed E-state index contributed by atoms with van der Waals surface area (Å²) in [6.45, 7) is 6.68. The molecule has 1 nitrogen and oxygen atoms in total. The predicted octanol–water partition coefficient (Wildman–Crippen LogP) is 5.36. The van der Waals surface area contributed by atoms with E-state index in [0.29, 0.717) is 11.8 Å². The minimum atomic E-state index is -0.202. The van der Waals surface area contributed by atoms with Gasteiger partial charge in [-0.3, -0.25) is 0 Å². The van der Waals surface area contributed by atoms with Crippen LogP contribution < -0.4 is 0 Å². The fourth-order valence-corrected chi connectivity index (χ4v) is 3.94. The zero-order valence-corrected chi connectivity index (χ0v) is 14.0. The van der Waals surface area contributed by atoms with Crippen LogP contribution in [0, 0.1) is 17.3 Å². The Hall–Kier alpha value is -0.240. The molecule has 1 saturated carbocycles. The molecule has 3 heteroatoms. The molecule has 0 aliphatic heterocycles.